The van der Waals surface area contributed by atoms with Gasteiger partial charge in [-0.1, -0.05) is 115 Å². The van der Waals surface area contributed by atoms with Crippen molar-refractivity contribution in [2.24, 2.45) is 0 Å². The average molecular weight is 523 g/mol. The van der Waals surface area contributed by atoms with E-state index < -0.39 is 0 Å². The van der Waals surface area contributed by atoms with Crippen LogP contribution in [0.4, 0.5) is 0 Å². The number of aromatic nitrogens is 2. The Morgan fingerprint density at radius 3 is 1.49 bits per heavy atom. The van der Waals surface area contributed by atoms with Gasteiger partial charge in [0.25, 0.3) is 0 Å². The van der Waals surface area contributed by atoms with Gasteiger partial charge in [-0.2, -0.15) is 0 Å². The van der Waals surface area contributed by atoms with Crippen molar-refractivity contribution in [3.8, 4) is 44.5 Å². The number of para-hydroxylation sites is 3. The molecule has 2 heterocycles. The summed E-state index contributed by atoms with van der Waals surface area (Å²) in [6.45, 7) is 0. The third-order valence-corrected chi connectivity index (χ3v) is 8.01. The molecule has 2 heteroatoms. The van der Waals surface area contributed by atoms with Gasteiger partial charge in [0.2, 0.25) is 0 Å². The molecule has 0 saturated carbocycles. The van der Waals surface area contributed by atoms with Crippen molar-refractivity contribution in [2.45, 2.75) is 0 Å². The Kier molecular flexibility index (Phi) is 5.49. The van der Waals surface area contributed by atoms with Crippen molar-refractivity contribution < 1.29 is 0 Å². The van der Waals surface area contributed by atoms with Gasteiger partial charge < -0.3 is 4.40 Å². The van der Waals surface area contributed by atoms with Gasteiger partial charge in [-0.05, 0) is 75.3 Å². The molecule has 2 aromatic heterocycles. The Hall–Kier alpha value is -5.47. The maximum absolute atomic E-state index is 4.81. The molecule has 8 aromatic rings. The third kappa shape index (κ3) is 4.00. The predicted molar refractivity (Wildman–Crippen MR) is 172 cm³/mol. The van der Waals surface area contributed by atoms with Crippen LogP contribution in [0.15, 0.2) is 158 Å². The lowest BCUT2D eigenvalue weighted by Crippen LogP contribution is -1.90. The van der Waals surface area contributed by atoms with Crippen molar-refractivity contribution >= 4 is 27.5 Å². The number of hydrogen-bond acceptors (Lipinski definition) is 1. The first-order valence-corrected chi connectivity index (χ1v) is 14.0. The molecule has 0 amide bonds. The molecule has 0 N–H and O–H groups in total. The lowest BCUT2D eigenvalue weighted by Gasteiger charge is -2.12. The summed E-state index contributed by atoms with van der Waals surface area (Å²) < 4.78 is 2.34. The predicted octanol–water partition coefficient (Wildman–Crippen LogP) is 10.3. The number of hydrogen-bond donors (Lipinski definition) is 0. The second-order valence-electron chi connectivity index (χ2n) is 10.5. The Balaban J connectivity index is 1.29. The van der Waals surface area contributed by atoms with Crippen LogP contribution < -0.4 is 0 Å². The highest BCUT2D eigenvalue weighted by molar-refractivity contribution is 6.08. The van der Waals surface area contributed by atoms with Gasteiger partial charge in [-0.15, -0.1) is 0 Å². The quantitative estimate of drug-likeness (QED) is 0.225. The van der Waals surface area contributed by atoms with E-state index in [0.29, 0.717) is 0 Å². The molecule has 0 fully saturated rings. The Labute approximate surface area is 238 Å². The number of fused-ring (bicyclic) bond motifs is 5. The van der Waals surface area contributed by atoms with E-state index in [4.69, 9.17) is 4.98 Å². The van der Waals surface area contributed by atoms with E-state index in [1.54, 1.807) is 0 Å². The molecular weight excluding hydrogens is 496 g/mol. The summed E-state index contributed by atoms with van der Waals surface area (Å²) in [5.74, 6) is 0. The van der Waals surface area contributed by atoms with E-state index in [9.17, 15) is 0 Å². The summed E-state index contributed by atoms with van der Waals surface area (Å²) in [5, 5.41) is 1.23. The minimum absolute atomic E-state index is 0.996. The van der Waals surface area contributed by atoms with E-state index in [0.717, 1.165) is 16.6 Å². The molecule has 0 spiro atoms. The second kappa shape index (κ2) is 9.62. The smallest absolute Gasteiger partial charge is 0.0871 e. The van der Waals surface area contributed by atoms with Crippen LogP contribution in [0.5, 0.6) is 0 Å². The summed E-state index contributed by atoms with van der Waals surface area (Å²) in [5.41, 5.74) is 14.1. The Morgan fingerprint density at radius 2 is 0.854 bits per heavy atom. The lowest BCUT2D eigenvalue weighted by molar-refractivity contribution is 1.27. The molecule has 0 bridgehead atoms. The summed E-state index contributed by atoms with van der Waals surface area (Å²) in [6.07, 6.45) is 2.01. The van der Waals surface area contributed by atoms with E-state index >= 15 is 0 Å². The average Bonchev–Trinajstić information content (AvgIpc) is 3.40. The van der Waals surface area contributed by atoms with Crippen LogP contribution in [0.1, 0.15) is 0 Å². The van der Waals surface area contributed by atoms with Crippen molar-refractivity contribution in [2.75, 3.05) is 0 Å². The first-order valence-electron chi connectivity index (χ1n) is 14.0. The number of nitrogens with zero attached hydrogens (tertiary/aromatic N) is 2. The third-order valence-electron chi connectivity index (χ3n) is 8.01. The monoisotopic (exact) mass is 522 g/mol. The highest BCUT2D eigenvalue weighted by atomic mass is 14.9. The van der Waals surface area contributed by atoms with Gasteiger partial charge in [0.1, 0.15) is 0 Å². The standard InChI is InChI=1S/C39H26N2/c1-3-11-27(12-4-1)31-23-32(28-13-5-2-6-14-28)25-33(24-31)29-19-21-30(22-20-29)39-34-15-7-9-17-36(34)41-37-18-10-8-16-35(37)40-26-38(39)41/h1-26H. The van der Waals surface area contributed by atoms with E-state index in [-0.39, 0.29) is 0 Å². The molecule has 0 unspecified atom stereocenters. The van der Waals surface area contributed by atoms with Crippen LogP contribution in [0.25, 0.3) is 72.0 Å². The summed E-state index contributed by atoms with van der Waals surface area (Å²) >= 11 is 0. The Bertz CT molecular complexity index is 2120. The first kappa shape index (κ1) is 23.4. The van der Waals surface area contributed by atoms with Gasteiger partial charge in [0.15, 0.2) is 0 Å². The zero-order valence-corrected chi connectivity index (χ0v) is 22.4. The zero-order chi connectivity index (χ0) is 27.2. The molecule has 0 atom stereocenters. The molecule has 6 aromatic carbocycles. The maximum Gasteiger partial charge on any atom is 0.0871 e. The van der Waals surface area contributed by atoms with Crippen LogP contribution in [0, 0.1) is 0 Å². The topological polar surface area (TPSA) is 17.3 Å². The minimum Gasteiger partial charge on any atom is -0.306 e. The summed E-state index contributed by atoms with van der Waals surface area (Å²) in [7, 11) is 0. The van der Waals surface area contributed by atoms with Crippen molar-refractivity contribution in [3.63, 3.8) is 0 Å². The molecule has 41 heavy (non-hydrogen) atoms. The summed E-state index contributed by atoms with van der Waals surface area (Å²) in [6, 6.07) is 54.2. The van der Waals surface area contributed by atoms with Crippen LogP contribution in [-0.4, -0.2) is 9.38 Å². The van der Waals surface area contributed by atoms with Crippen LogP contribution in [0.3, 0.4) is 0 Å². The van der Waals surface area contributed by atoms with Gasteiger partial charge in [-0.25, -0.2) is 0 Å². The van der Waals surface area contributed by atoms with Crippen LogP contribution in [-0.2, 0) is 0 Å². The van der Waals surface area contributed by atoms with Crippen molar-refractivity contribution in [3.05, 3.63) is 158 Å². The summed E-state index contributed by atoms with van der Waals surface area (Å²) in [4.78, 5) is 4.81. The first-order chi connectivity index (χ1) is 20.3. The van der Waals surface area contributed by atoms with Crippen LogP contribution in [0.2, 0.25) is 0 Å². The zero-order valence-electron chi connectivity index (χ0n) is 22.4. The van der Waals surface area contributed by atoms with Crippen molar-refractivity contribution in [1.82, 2.24) is 9.38 Å². The molecule has 0 aliphatic carbocycles. The fraction of sp³-hybridized carbons (Fsp3) is 0. The van der Waals surface area contributed by atoms with Gasteiger partial charge in [0, 0.05) is 10.9 Å². The van der Waals surface area contributed by atoms with Gasteiger partial charge in [-0.3, -0.25) is 4.98 Å². The van der Waals surface area contributed by atoms with E-state index in [1.807, 2.05) is 12.3 Å². The van der Waals surface area contributed by atoms with Crippen LogP contribution >= 0.6 is 0 Å². The molecular formula is C39H26N2. The molecule has 0 radical (unpaired) electrons. The molecule has 8 rings (SSSR count). The molecule has 0 saturated heterocycles. The normalized spacial score (nSPS) is 11.4. The second-order valence-corrected chi connectivity index (χ2v) is 10.5. The number of rotatable bonds is 4. The molecule has 0 aliphatic heterocycles. The molecule has 192 valence electrons. The minimum atomic E-state index is 0.996. The highest BCUT2D eigenvalue weighted by Gasteiger charge is 2.16. The maximum atomic E-state index is 4.81. The fourth-order valence-electron chi connectivity index (χ4n) is 6.06. The van der Waals surface area contributed by atoms with E-state index in [1.165, 1.54) is 55.4 Å². The largest absolute Gasteiger partial charge is 0.306 e. The lowest BCUT2D eigenvalue weighted by atomic mass is 9.92. The SMILES string of the molecule is c1ccc(-c2cc(-c3ccccc3)cc(-c3ccc(-c4c5ccccc5n5c4cnc4ccccc45)cc3)c2)cc1. The van der Waals surface area contributed by atoms with Gasteiger partial charge in [0.05, 0.1) is 28.3 Å². The Morgan fingerprint density at radius 1 is 0.366 bits per heavy atom. The number of benzene rings is 6. The highest BCUT2D eigenvalue weighted by Crippen LogP contribution is 2.38. The van der Waals surface area contributed by atoms with E-state index in [2.05, 4.69) is 150 Å². The molecule has 0 aliphatic rings. The molecule has 2 nitrogen and oxygen atoms in total. The van der Waals surface area contributed by atoms with Crippen molar-refractivity contribution in [1.29, 1.82) is 0 Å². The van der Waals surface area contributed by atoms with Gasteiger partial charge >= 0.3 is 0 Å². The fourth-order valence-corrected chi connectivity index (χ4v) is 6.06.